The second-order valence-corrected chi connectivity index (χ2v) is 3.60. The Morgan fingerprint density at radius 1 is 1.60 bits per heavy atom. The van der Waals surface area contributed by atoms with Gasteiger partial charge in [-0.25, -0.2) is 0 Å². The summed E-state index contributed by atoms with van der Waals surface area (Å²) in [5.41, 5.74) is -0.556. The quantitative estimate of drug-likeness (QED) is 0.611. The zero-order valence-corrected chi connectivity index (χ0v) is 7.16. The van der Waals surface area contributed by atoms with E-state index in [-0.39, 0.29) is 0 Å². The third-order valence-corrected chi connectivity index (χ3v) is 1.96. The molecule has 0 fully saturated rings. The van der Waals surface area contributed by atoms with Gasteiger partial charge in [0.2, 0.25) is 0 Å². The molecule has 2 N–H and O–H groups in total. The van der Waals surface area contributed by atoms with Crippen LogP contribution in [0.2, 0.25) is 0 Å². The molecule has 1 unspecified atom stereocenters. The summed E-state index contributed by atoms with van der Waals surface area (Å²) in [5.74, 6) is -0.560. The topological polar surface area (TPSA) is 57.5 Å². The van der Waals surface area contributed by atoms with E-state index in [1.807, 2.05) is 13.8 Å². The fraction of sp³-hybridized carbons (Fsp3) is 0.833. The predicted molar refractivity (Wildman–Crippen MR) is 41.4 cm³/mol. The minimum atomic E-state index is -0.894. The molecule has 0 bridgehead atoms. The first kappa shape index (κ1) is 9.86. The molecule has 3 nitrogen and oxygen atoms in total. The highest BCUT2D eigenvalue weighted by Gasteiger charge is 2.17. The van der Waals surface area contributed by atoms with Crippen molar-refractivity contribution in [2.45, 2.75) is 25.9 Å². The highest BCUT2D eigenvalue weighted by atomic mass is 31.1. The molecule has 0 aliphatic heterocycles. The zero-order valence-electron chi connectivity index (χ0n) is 6.16. The average molecular weight is 164 g/mol. The summed E-state index contributed by atoms with van der Waals surface area (Å²) < 4.78 is 0. The summed E-state index contributed by atoms with van der Waals surface area (Å²) in [7, 11) is -0.478. The molecule has 0 rings (SSSR count). The SMILES string of the molecule is CC(C)C[C@H](PO)C(=O)O. The molecule has 0 aliphatic carbocycles. The van der Waals surface area contributed by atoms with E-state index < -0.39 is 20.4 Å². The smallest absolute Gasteiger partial charge is 0.312 e. The van der Waals surface area contributed by atoms with Crippen molar-refractivity contribution in [1.29, 1.82) is 0 Å². The number of carbonyl (C=O) groups is 1. The van der Waals surface area contributed by atoms with Crippen LogP contribution in [0.3, 0.4) is 0 Å². The lowest BCUT2D eigenvalue weighted by Crippen LogP contribution is -2.16. The maximum atomic E-state index is 10.3. The first-order valence-corrected chi connectivity index (χ1v) is 4.22. The first-order valence-electron chi connectivity index (χ1n) is 3.20. The minimum absolute atomic E-state index is 0.334. The van der Waals surface area contributed by atoms with E-state index in [2.05, 4.69) is 0 Å². The lowest BCUT2D eigenvalue weighted by Gasteiger charge is -2.10. The molecule has 0 saturated carbocycles. The largest absolute Gasteiger partial charge is 0.481 e. The average Bonchev–Trinajstić information content (AvgIpc) is 1.81. The van der Waals surface area contributed by atoms with E-state index in [1.165, 1.54) is 0 Å². The van der Waals surface area contributed by atoms with E-state index >= 15 is 0 Å². The van der Waals surface area contributed by atoms with E-state index in [4.69, 9.17) is 10.00 Å². The Morgan fingerprint density at radius 2 is 2.10 bits per heavy atom. The molecule has 4 heteroatoms. The van der Waals surface area contributed by atoms with Gasteiger partial charge in [0.05, 0.1) is 5.66 Å². The third kappa shape index (κ3) is 3.80. The number of hydrogen-bond acceptors (Lipinski definition) is 2. The number of carboxylic acids is 1. The van der Waals surface area contributed by atoms with Crippen molar-refractivity contribution >= 4 is 14.8 Å². The summed E-state index contributed by atoms with van der Waals surface area (Å²) in [6.07, 6.45) is 0.560. The Labute approximate surface area is 62.3 Å². The number of rotatable bonds is 4. The van der Waals surface area contributed by atoms with E-state index in [0.29, 0.717) is 12.3 Å². The lowest BCUT2D eigenvalue weighted by atomic mass is 10.1. The standard InChI is InChI=1S/C6H13O3P/c1-4(2)3-5(10-9)6(7)8/h4-5,9-10H,3H2,1-2H3,(H,7,8)/t5-/m0/s1. The molecule has 0 aliphatic rings. The van der Waals surface area contributed by atoms with Gasteiger partial charge in [-0.2, -0.15) is 0 Å². The molecule has 0 saturated heterocycles. The normalized spacial score (nSPS) is 14.8. The van der Waals surface area contributed by atoms with Gasteiger partial charge in [-0.05, 0) is 12.3 Å². The highest BCUT2D eigenvalue weighted by Crippen LogP contribution is 2.21. The van der Waals surface area contributed by atoms with Gasteiger partial charge in [0.15, 0.2) is 0 Å². The van der Waals surface area contributed by atoms with Gasteiger partial charge in [-0.15, -0.1) is 0 Å². The molecule has 0 spiro atoms. The van der Waals surface area contributed by atoms with Crippen LogP contribution < -0.4 is 0 Å². The van der Waals surface area contributed by atoms with Crippen molar-refractivity contribution in [1.82, 2.24) is 0 Å². The molecule has 0 aromatic carbocycles. The monoisotopic (exact) mass is 164 g/mol. The molecule has 0 amide bonds. The Bertz CT molecular complexity index is 114. The van der Waals surface area contributed by atoms with Crippen molar-refractivity contribution in [2.75, 3.05) is 0 Å². The maximum absolute atomic E-state index is 10.3. The highest BCUT2D eigenvalue weighted by molar-refractivity contribution is 7.33. The summed E-state index contributed by atoms with van der Waals surface area (Å²) in [6, 6.07) is 0. The van der Waals surface area contributed by atoms with Crippen LogP contribution >= 0.6 is 8.81 Å². The second-order valence-electron chi connectivity index (χ2n) is 2.65. The van der Waals surface area contributed by atoms with Gasteiger partial charge >= 0.3 is 5.97 Å². The fourth-order valence-corrected chi connectivity index (χ4v) is 1.37. The van der Waals surface area contributed by atoms with Crippen LogP contribution in [0.25, 0.3) is 0 Å². The van der Waals surface area contributed by atoms with Crippen molar-refractivity contribution in [3.05, 3.63) is 0 Å². The van der Waals surface area contributed by atoms with Gasteiger partial charge in [0.25, 0.3) is 0 Å². The number of carboxylic acid groups (broad SMARTS) is 1. The van der Waals surface area contributed by atoms with Crippen LogP contribution in [0.4, 0.5) is 0 Å². The van der Waals surface area contributed by atoms with Crippen molar-refractivity contribution in [2.24, 2.45) is 5.92 Å². The van der Waals surface area contributed by atoms with Gasteiger partial charge in [-0.1, -0.05) is 13.8 Å². The molecule has 0 radical (unpaired) electrons. The van der Waals surface area contributed by atoms with Crippen LogP contribution in [-0.2, 0) is 4.79 Å². The summed E-state index contributed by atoms with van der Waals surface area (Å²) in [6.45, 7) is 3.88. The van der Waals surface area contributed by atoms with Crippen LogP contribution in [0.15, 0.2) is 0 Å². The minimum Gasteiger partial charge on any atom is -0.481 e. The third-order valence-electron chi connectivity index (χ3n) is 1.16. The van der Waals surface area contributed by atoms with E-state index in [0.717, 1.165) is 0 Å². The van der Waals surface area contributed by atoms with Crippen molar-refractivity contribution in [3.8, 4) is 0 Å². The van der Waals surface area contributed by atoms with Gasteiger partial charge in [0, 0.05) is 8.81 Å². The lowest BCUT2D eigenvalue weighted by molar-refractivity contribution is -0.136. The van der Waals surface area contributed by atoms with Gasteiger partial charge in [0.1, 0.15) is 0 Å². The summed E-state index contributed by atoms with van der Waals surface area (Å²) in [5, 5.41) is 8.47. The second kappa shape index (κ2) is 4.64. The molecular weight excluding hydrogens is 151 g/mol. The molecule has 10 heavy (non-hydrogen) atoms. The summed E-state index contributed by atoms with van der Waals surface area (Å²) in [4.78, 5) is 18.9. The Hall–Kier alpha value is -0.140. The van der Waals surface area contributed by atoms with Gasteiger partial charge < -0.3 is 10.00 Å². The first-order chi connectivity index (χ1) is 4.57. The Balaban J connectivity index is 3.72. The molecule has 0 aromatic heterocycles. The van der Waals surface area contributed by atoms with Crippen LogP contribution in [0, 0.1) is 5.92 Å². The molecular formula is C6H13O3P. The van der Waals surface area contributed by atoms with Crippen LogP contribution in [0.1, 0.15) is 20.3 Å². The van der Waals surface area contributed by atoms with Gasteiger partial charge in [-0.3, -0.25) is 4.79 Å². The Kier molecular flexibility index (Phi) is 4.58. The molecule has 0 aromatic rings. The number of aliphatic carboxylic acids is 1. The maximum Gasteiger partial charge on any atom is 0.312 e. The van der Waals surface area contributed by atoms with E-state index in [1.54, 1.807) is 0 Å². The van der Waals surface area contributed by atoms with Crippen LogP contribution in [-0.4, -0.2) is 21.6 Å². The number of hydrogen-bond donors (Lipinski definition) is 2. The molecule has 60 valence electrons. The van der Waals surface area contributed by atoms with Crippen molar-refractivity contribution in [3.63, 3.8) is 0 Å². The molecule has 2 atom stereocenters. The zero-order chi connectivity index (χ0) is 8.15. The van der Waals surface area contributed by atoms with E-state index in [9.17, 15) is 4.79 Å². The molecule has 0 heterocycles. The predicted octanol–water partition coefficient (Wildman–Crippen LogP) is 1.07. The van der Waals surface area contributed by atoms with Crippen LogP contribution in [0.5, 0.6) is 0 Å². The fourth-order valence-electron chi connectivity index (χ4n) is 0.680. The van der Waals surface area contributed by atoms with Crippen molar-refractivity contribution < 1.29 is 14.8 Å². The Morgan fingerprint density at radius 3 is 2.20 bits per heavy atom. The summed E-state index contributed by atoms with van der Waals surface area (Å²) >= 11 is 0.